The van der Waals surface area contributed by atoms with Crippen molar-refractivity contribution in [3.05, 3.63) is 234 Å². The Morgan fingerprint density at radius 2 is 0.736 bits per heavy atom. The van der Waals surface area contributed by atoms with E-state index < -0.39 is 5.41 Å². The third kappa shape index (κ3) is 4.70. The van der Waals surface area contributed by atoms with Crippen molar-refractivity contribution in [2.75, 3.05) is 4.90 Å². The van der Waals surface area contributed by atoms with Gasteiger partial charge < -0.3 is 4.90 Å². The van der Waals surface area contributed by atoms with E-state index in [-0.39, 0.29) is 5.41 Å². The van der Waals surface area contributed by atoms with E-state index in [0.717, 1.165) is 17.1 Å². The number of fused-ring (bicyclic) bond motifs is 6. The molecule has 252 valence electrons. The Kier molecular flexibility index (Phi) is 7.13. The van der Waals surface area contributed by atoms with Gasteiger partial charge in [0.05, 0.1) is 5.41 Å². The molecule has 0 unspecified atom stereocenters. The highest BCUT2D eigenvalue weighted by molar-refractivity contribution is 5.89. The number of nitrogens with zero attached hydrogens (tertiary/aromatic N) is 1. The van der Waals surface area contributed by atoms with Crippen LogP contribution in [0.4, 0.5) is 17.1 Å². The van der Waals surface area contributed by atoms with E-state index in [4.69, 9.17) is 0 Å². The molecule has 2 aliphatic carbocycles. The smallest absolute Gasteiger partial charge is 0.0713 e. The fourth-order valence-corrected chi connectivity index (χ4v) is 9.30. The van der Waals surface area contributed by atoms with Gasteiger partial charge in [-0.25, -0.2) is 0 Å². The van der Waals surface area contributed by atoms with Crippen LogP contribution in [0.15, 0.2) is 200 Å². The molecule has 10 rings (SSSR count). The summed E-state index contributed by atoms with van der Waals surface area (Å²) < 4.78 is 0. The van der Waals surface area contributed by atoms with Crippen molar-refractivity contribution in [2.45, 2.75) is 24.7 Å². The van der Waals surface area contributed by atoms with Gasteiger partial charge in [0.1, 0.15) is 0 Å². The first kappa shape index (κ1) is 31.3. The maximum atomic E-state index is 2.42. The lowest BCUT2D eigenvalue weighted by Crippen LogP contribution is -2.28. The second-order valence-corrected chi connectivity index (χ2v) is 14.9. The molecule has 0 heterocycles. The maximum absolute atomic E-state index is 2.42. The summed E-state index contributed by atoms with van der Waals surface area (Å²) in [6.07, 6.45) is 0. The molecule has 0 saturated carbocycles. The van der Waals surface area contributed by atoms with Crippen molar-refractivity contribution in [2.24, 2.45) is 0 Å². The standard InChI is InChI=1S/C52H39N/c1-51(2)47-22-12-9-21-45(47)46-35-42(33-34-48(46)51)53(40-29-25-37(26-30-40)36-15-5-3-6-16-36)41-31-27-39(28-32-41)52(38-17-7-4-8-18-38)49-23-13-10-19-43(49)44-20-11-14-24-50(44)52/h3-35H,1-2H3. The van der Waals surface area contributed by atoms with E-state index in [1.807, 2.05) is 0 Å². The second-order valence-electron chi connectivity index (χ2n) is 14.9. The Balaban J connectivity index is 1.15. The quantitative estimate of drug-likeness (QED) is 0.169. The first-order valence-corrected chi connectivity index (χ1v) is 18.6. The molecular formula is C52H39N. The molecule has 8 aromatic carbocycles. The first-order valence-electron chi connectivity index (χ1n) is 18.6. The molecule has 0 aliphatic heterocycles. The zero-order valence-corrected chi connectivity index (χ0v) is 30.0. The molecule has 0 saturated heterocycles. The summed E-state index contributed by atoms with van der Waals surface area (Å²) in [5, 5.41) is 0. The fourth-order valence-electron chi connectivity index (χ4n) is 9.30. The lowest BCUT2D eigenvalue weighted by molar-refractivity contribution is 0.660. The van der Waals surface area contributed by atoms with Crippen molar-refractivity contribution in [3.8, 4) is 33.4 Å². The fraction of sp³-hybridized carbons (Fsp3) is 0.0769. The van der Waals surface area contributed by atoms with Gasteiger partial charge in [0.25, 0.3) is 0 Å². The summed E-state index contributed by atoms with van der Waals surface area (Å²) in [6.45, 7) is 4.69. The van der Waals surface area contributed by atoms with Gasteiger partial charge in [-0.1, -0.05) is 178 Å². The minimum atomic E-state index is -0.433. The van der Waals surface area contributed by atoms with Crippen LogP contribution in [0.1, 0.15) is 47.2 Å². The van der Waals surface area contributed by atoms with E-state index in [1.165, 1.54) is 66.8 Å². The summed E-state index contributed by atoms with van der Waals surface area (Å²) in [7, 11) is 0. The lowest BCUT2D eigenvalue weighted by atomic mass is 9.68. The predicted molar refractivity (Wildman–Crippen MR) is 221 cm³/mol. The second kappa shape index (κ2) is 12.1. The van der Waals surface area contributed by atoms with Gasteiger partial charge >= 0.3 is 0 Å². The molecule has 0 spiro atoms. The lowest BCUT2D eigenvalue weighted by Gasteiger charge is -2.34. The minimum Gasteiger partial charge on any atom is -0.310 e. The largest absolute Gasteiger partial charge is 0.310 e. The summed E-state index contributed by atoms with van der Waals surface area (Å²) in [6, 6.07) is 73.9. The molecule has 0 radical (unpaired) electrons. The number of anilines is 3. The van der Waals surface area contributed by atoms with Gasteiger partial charge in [-0.3, -0.25) is 0 Å². The zero-order chi connectivity index (χ0) is 35.6. The first-order chi connectivity index (χ1) is 26.0. The SMILES string of the molecule is CC1(C)c2ccccc2-c2cc(N(c3ccc(-c4ccccc4)cc3)c3ccc(C4(c5ccccc5)c5ccccc5-c5ccccc54)cc3)ccc21. The normalized spacial score (nSPS) is 14.2. The molecule has 1 nitrogen and oxygen atoms in total. The average molecular weight is 678 g/mol. The Hall–Kier alpha value is -6.44. The monoisotopic (exact) mass is 677 g/mol. The number of hydrogen-bond donors (Lipinski definition) is 0. The average Bonchev–Trinajstić information content (AvgIpc) is 3.65. The summed E-state index contributed by atoms with van der Waals surface area (Å²) >= 11 is 0. The van der Waals surface area contributed by atoms with Crippen LogP contribution in [0.3, 0.4) is 0 Å². The van der Waals surface area contributed by atoms with Gasteiger partial charge in [0, 0.05) is 22.5 Å². The summed E-state index contributed by atoms with van der Waals surface area (Å²) in [4.78, 5) is 2.42. The molecule has 0 N–H and O–H groups in total. The van der Waals surface area contributed by atoms with E-state index in [2.05, 4.69) is 219 Å². The molecule has 53 heavy (non-hydrogen) atoms. The predicted octanol–water partition coefficient (Wildman–Crippen LogP) is 13.5. The topological polar surface area (TPSA) is 3.24 Å². The molecule has 1 heteroatoms. The van der Waals surface area contributed by atoms with Crippen molar-refractivity contribution < 1.29 is 0 Å². The number of hydrogen-bond acceptors (Lipinski definition) is 1. The van der Waals surface area contributed by atoms with Crippen molar-refractivity contribution >= 4 is 17.1 Å². The van der Waals surface area contributed by atoms with Crippen LogP contribution in [0, 0.1) is 0 Å². The Labute approximate surface area is 312 Å². The van der Waals surface area contributed by atoms with Crippen molar-refractivity contribution in [1.29, 1.82) is 0 Å². The van der Waals surface area contributed by atoms with Crippen LogP contribution in [0.5, 0.6) is 0 Å². The molecular weight excluding hydrogens is 639 g/mol. The molecule has 8 aromatic rings. The third-order valence-corrected chi connectivity index (χ3v) is 11.8. The van der Waals surface area contributed by atoms with E-state index >= 15 is 0 Å². The summed E-state index contributed by atoms with van der Waals surface area (Å²) in [5.41, 5.74) is 18.5. The van der Waals surface area contributed by atoms with Crippen LogP contribution in [-0.2, 0) is 10.8 Å². The van der Waals surface area contributed by atoms with Gasteiger partial charge in [-0.2, -0.15) is 0 Å². The molecule has 2 aliphatic rings. The molecule has 0 amide bonds. The van der Waals surface area contributed by atoms with Gasteiger partial charge in [0.15, 0.2) is 0 Å². The van der Waals surface area contributed by atoms with Crippen LogP contribution in [0.25, 0.3) is 33.4 Å². The van der Waals surface area contributed by atoms with Crippen molar-refractivity contribution in [3.63, 3.8) is 0 Å². The van der Waals surface area contributed by atoms with Crippen LogP contribution >= 0.6 is 0 Å². The highest BCUT2D eigenvalue weighted by atomic mass is 15.1. The molecule has 0 bridgehead atoms. The Morgan fingerprint density at radius 3 is 1.34 bits per heavy atom. The van der Waals surface area contributed by atoms with Crippen LogP contribution < -0.4 is 4.90 Å². The number of rotatable bonds is 6. The summed E-state index contributed by atoms with van der Waals surface area (Å²) in [5.74, 6) is 0. The molecule has 0 atom stereocenters. The maximum Gasteiger partial charge on any atom is 0.0713 e. The zero-order valence-electron chi connectivity index (χ0n) is 30.0. The Bertz CT molecular complexity index is 2570. The van der Waals surface area contributed by atoms with Gasteiger partial charge in [-0.05, 0) is 103 Å². The van der Waals surface area contributed by atoms with Crippen molar-refractivity contribution in [1.82, 2.24) is 0 Å². The molecule has 0 aromatic heterocycles. The number of benzene rings is 8. The minimum absolute atomic E-state index is 0.0477. The highest BCUT2D eigenvalue weighted by Gasteiger charge is 2.46. The highest BCUT2D eigenvalue weighted by Crippen LogP contribution is 2.56. The van der Waals surface area contributed by atoms with Gasteiger partial charge in [0.2, 0.25) is 0 Å². The van der Waals surface area contributed by atoms with Crippen LogP contribution in [-0.4, -0.2) is 0 Å². The third-order valence-electron chi connectivity index (χ3n) is 11.8. The van der Waals surface area contributed by atoms with E-state index in [1.54, 1.807) is 0 Å². The van der Waals surface area contributed by atoms with E-state index in [9.17, 15) is 0 Å². The van der Waals surface area contributed by atoms with Crippen LogP contribution in [0.2, 0.25) is 0 Å². The Morgan fingerprint density at radius 1 is 0.321 bits per heavy atom. The van der Waals surface area contributed by atoms with E-state index in [0.29, 0.717) is 0 Å². The molecule has 0 fully saturated rings. The van der Waals surface area contributed by atoms with Gasteiger partial charge in [-0.15, -0.1) is 0 Å².